The van der Waals surface area contributed by atoms with Gasteiger partial charge < -0.3 is 23.8 Å². The molecule has 2 fully saturated rings. The third-order valence-corrected chi connectivity index (χ3v) is 6.85. The topological polar surface area (TPSA) is 46.9 Å². The van der Waals surface area contributed by atoms with Crippen LogP contribution in [-0.2, 0) is 7.05 Å². The summed E-state index contributed by atoms with van der Waals surface area (Å²) >= 11 is 0. The van der Waals surface area contributed by atoms with Gasteiger partial charge in [0.05, 0.1) is 19.7 Å². The average Bonchev–Trinajstić information content (AvgIpc) is 3.07. The van der Waals surface area contributed by atoms with Crippen molar-refractivity contribution in [3.8, 4) is 11.5 Å². The van der Waals surface area contributed by atoms with E-state index < -0.39 is 0 Å². The minimum absolute atomic E-state index is 0.0783. The lowest BCUT2D eigenvalue weighted by Gasteiger charge is -2.45. The molecule has 2 aliphatic heterocycles. The molecule has 1 amide bonds. The van der Waals surface area contributed by atoms with Crippen molar-refractivity contribution in [1.29, 1.82) is 0 Å². The van der Waals surface area contributed by atoms with Crippen LogP contribution in [0.15, 0.2) is 18.2 Å². The Labute approximate surface area is 173 Å². The summed E-state index contributed by atoms with van der Waals surface area (Å²) in [4.78, 5) is 17.9. The highest BCUT2D eigenvalue weighted by molar-refractivity contribution is 5.99. The normalized spacial score (nSPS) is 22.3. The molecule has 4 rings (SSSR count). The highest BCUT2D eigenvalue weighted by Gasteiger charge is 2.34. The van der Waals surface area contributed by atoms with Crippen LogP contribution in [0, 0.1) is 5.92 Å². The van der Waals surface area contributed by atoms with Crippen molar-refractivity contribution >= 4 is 16.8 Å². The molecule has 158 valence electrons. The summed E-state index contributed by atoms with van der Waals surface area (Å²) < 4.78 is 12.8. The van der Waals surface area contributed by atoms with Gasteiger partial charge in [0, 0.05) is 38.1 Å². The average molecular weight is 400 g/mol. The summed E-state index contributed by atoms with van der Waals surface area (Å²) in [5, 5.41) is 0.984. The van der Waals surface area contributed by atoms with Gasteiger partial charge in [-0.15, -0.1) is 0 Å². The van der Waals surface area contributed by atoms with E-state index in [4.69, 9.17) is 9.47 Å². The Balaban J connectivity index is 1.55. The molecule has 1 aromatic carbocycles. The van der Waals surface area contributed by atoms with Crippen LogP contribution < -0.4 is 9.47 Å². The van der Waals surface area contributed by atoms with E-state index in [1.165, 1.54) is 45.2 Å². The second-order valence-electron chi connectivity index (χ2n) is 8.54. The number of nitrogens with zero attached hydrogens (tertiary/aromatic N) is 3. The zero-order valence-corrected chi connectivity index (χ0v) is 18.1. The Morgan fingerprint density at radius 2 is 1.79 bits per heavy atom. The lowest BCUT2D eigenvalue weighted by molar-refractivity contribution is 0.0400. The first kappa shape index (κ1) is 20.1. The molecule has 0 spiro atoms. The SMILES string of the molecule is COc1cc2cc(C(=O)N(C)C[C@@H]3CCCN4CCCC[C@H]34)n(C)c2cc1OC. The molecular formula is C23H33N3O3. The third-order valence-electron chi connectivity index (χ3n) is 6.85. The maximum absolute atomic E-state index is 13.3. The fourth-order valence-corrected chi connectivity index (χ4v) is 5.29. The molecule has 6 nitrogen and oxygen atoms in total. The molecule has 2 atom stereocenters. The Kier molecular flexibility index (Phi) is 5.72. The Morgan fingerprint density at radius 1 is 1.07 bits per heavy atom. The molecule has 29 heavy (non-hydrogen) atoms. The van der Waals surface area contributed by atoms with E-state index in [-0.39, 0.29) is 5.91 Å². The summed E-state index contributed by atoms with van der Waals surface area (Å²) in [6.07, 6.45) is 6.39. The van der Waals surface area contributed by atoms with E-state index in [9.17, 15) is 4.79 Å². The zero-order chi connectivity index (χ0) is 20.5. The van der Waals surface area contributed by atoms with Crippen molar-refractivity contribution in [2.75, 3.05) is 40.9 Å². The first-order valence-corrected chi connectivity index (χ1v) is 10.7. The fraction of sp³-hybridized carbons (Fsp3) is 0.609. The molecule has 2 aliphatic rings. The molecule has 0 radical (unpaired) electrons. The number of piperidine rings is 2. The molecule has 3 heterocycles. The van der Waals surface area contributed by atoms with Gasteiger partial charge >= 0.3 is 0 Å². The van der Waals surface area contributed by atoms with Gasteiger partial charge in [-0.2, -0.15) is 0 Å². The number of aryl methyl sites for hydroxylation is 1. The molecule has 0 saturated carbocycles. The van der Waals surface area contributed by atoms with Crippen molar-refractivity contribution in [1.82, 2.24) is 14.4 Å². The fourth-order valence-electron chi connectivity index (χ4n) is 5.29. The number of hydrogen-bond acceptors (Lipinski definition) is 4. The lowest BCUT2D eigenvalue weighted by Crippen LogP contribution is -2.51. The maximum Gasteiger partial charge on any atom is 0.270 e. The summed E-state index contributed by atoms with van der Waals surface area (Å²) in [7, 11) is 7.15. The molecule has 0 bridgehead atoms. The number of hydrogen-bond donors (Lipinski definition) is 0. The van der Waals surface area contributed by atoms with Crippen LogP contribution in [0.3, 0.4) is 0 Å². The first-order chi connectivity index (χ1) is 14.0. The molecule has 2 aromatic rings. The van der Waals surface area contributed by atoms with Gasteiger partial charge in [0.25, 0.3) is 5.91 Å². The van der Waals surface area contributed by atoms with Crippen LogP contribution in [0.25, 0.3) is 10.9 Å². The first-order valence-electron chi connectivity index (χ1n) is 10.7. The van der Waals surface area contributed by atoms with Gasteiger partial charge in [0.1, 0.15) is 5.69 Å². The number of carbonyl (C=O) groups is 1. The Morgan fingerprint density at radius 3 is 2.55 bits per heavy atom. The van der Waals surface area contributed by atoms with Crippen LogP contribution in [0.4, 0.5) is 0 Å². The number of carbonyl (C=O) groups excluding carboxylic acids is 1. The molecular weight excluding hydrogens is 366 g/mol. The Hall–Kier alpha value is -2.21. The molecule has 2 saturated heterocycles. The zero-order valence-electron chi connectivity index (χ0n) is 18.1. The number of amides is 1. The highest BCUT2D eigenvalue weighted by Crippen LogP contribution is 2.34. The van der Waals surface area contributed by atoms with Crippen LogP contribution in [-0.4, -0.2) is 67.2 Å². The molecule has 1 aromatic heterocycles. The van der Waals surface area contributed by atoms with E-state index >= 15 is 0 Å². The van der Waals surface area contributed by atoms with Gasteiger partial charge in [0.15, 0.2) is 11.5 Å². The van der Waals surface area contributed by atoms with Gasteiger partial charge in [-0.05, 0) is 56.8 Å². The summed E-state index contributed by atoms with van der Waals surface area (Å²) in [6, 6.07) is 6.48. The van der Waals surface area contributed by atoms with Gasteiger partial charge in [-0.3, -0.25) is 4.79 Å². The van der Waals surface area contributed by atoms with Crippen LogP contribution in [0.2, 0.25) is 0 Å². The van der Waals surface area contributed by atoms with Crippen molar-refractivity contribution < 1.29 is 14.3 Å². The lowest BCUT2D eigenvalue weighted by atomic mass is 9.83. The molecule has 0 aliphatic carbocycles. The van der Waals surface area contributed by atoms with Crippen LogP contribution >= 0.6 is 0 Å². The van der Waals surface area contributed by atoms with E-state index in [0.717, 1.165) is 17.4 Å². The standard InChI is InChI=1S/C23H33N3O3/c1-24(15-16-8-7-11-26-10-6-5-9-18(16)26)23(27)20-12-17-13-21(28-3)22(29-4)14-19(17)25(20)2/h12-14,16,18H,5-11,15H2,1-4H3/t16-,18+/m0/s1. The predicted octanol–water partition coefficient (Wildman–Crippen LogP) is 3.53. The number of benzene rings is 1. The summed E-state index contributed by atoms with van der Waals surface area (Å²) in [5.41, 5.74) is 1.67. The molecule has 6 heteroatoms. The van der Waals surface area contributed by atoms with Crippen LogP contribution in [0.5, 0.6) is 11.5 Å². The van der Waals surface area contributed by atoms with E-state index in [0.29, 0.717) is 29.2 Å². The minimum atomic E-state index is 0.0783. The number of fused-ring (bicyclic) bond motifs is 2. The van der Waals surface area contributed by atoms with Gasteiger partial charge in [0.2, 0.25) is 0 Å². The van der Waals surface area contributed by atoms with E-state index in [2.05, 4.69) is 4.90 Å². The van der Waals surface area contributed by atoms with E-state index in [1.54, 1.807) is 14.2 Å². The number of aromatic nitrogens is 1. The smallest absolute Gasteiger partial charge is 0.270 e. The van der Waals surface area contributed by atoms with Crippen LogP contribution in [0.1, 0.15) is 42.6 Å². The minimum Gasteiger partial charge on any atom is -0.493 e. The van der Waals surface area contributed by atoms with Crippen molar-refractivity contribution in [2.45, 2.75) is 38.1 Å². The number of ether oxygens (including phenoxy) is 2. The van der Waals surface area contributed by atoms with Crippen molar-refractivity contribution in [3.05, 3.63) is 23.9 Å². The van der Waals surface area contributed by atoms with Crippen molar-refractivity contribution in [2.24, 2.45) is 13.0 Å². The maximum atomic E-state index is 13.3. The number of methoxy groups -OCH3 is 2. The molecule has 0 N–H and O–H groups in total. The van der Waals surface area contributed by atoms with Gasteiger partial charge in [-0.25, -0.2) is 0 Å². The quantitative estimate of drug-likeness (QED) is 0.772. The highest BCUT2D eigenvalue weighted by atomic mass is 16.5. The Bertz CT molecular complexity index is 889. The summed E-state index contributed by atoms with van der Waals surface area (Å²) in [5.74, 6) is 2.01. The number of rotatable bonds is 5. The largest absolute Gasteiger partial charge is 0.493 e. The third kappa shape index (κ3) is 3.70. The predicted molar refractivity (Wildman–Crippen MR) is 115 cm³/mol. The molecule has 0 unspecified atom stereocenters. The van der Waals surface area contributed by atoms with E-state index in [1.807, 2.05) is 41.8 Å². The second kappa shape index (κ2) is 8.27. The second-order valence-corrected chi connectivity index (χ2v) is 8.54. The monoisotopic (exact) mass is 399 g/mol. The van der Waals surface area contributed by atoms with Crippen molar-refractivity contribution in [3.63, 3.8) is 0 Å². The van der Waals surface area contributed by atoms with Gasteiger partial charge in [-0.1, -0.05) is 6.42 Å². The summed E-state index contributed by atoms with van der Waals surface area (Å²) in [6.45, 7) is 3.28.